The lowest BCUT2D eigenvalue weighted by atomic mass is 10.1. The monoisotopic (exact) mass is 334 g/mol. The molecule has 2 N–H and O–H groups in total. The summed E-state index contributed by atoms with van der Waals surface area (Å²) in [6, 6.07) is 0. The third kappa shape index (κ3) is 2.74. The van der Waals surface area contributed by atoms with Crippen molar-refractivity contribution >= 4 is 33.4 Å². The van der Waals surface area contributed by atoms with E-state index in [1.807, 2.05) is 13.8 Å². The average Bonchev–Trinajstić information content (AvgIpc) is 3.09. The molecule has 0 bridgehead atoms. The van der Waals surface area contributed by atoms with E-state index < -0.39 is 0 Å². The van der Waals surface area contributed by atoms with Crippen molar-refractivity contribution in [3.63, 3.8) is 0 Å². The van der Waals surface area contributed by atoms with Gasteiger partial charge in [0.05, 0.1) is 17.6 Å². The van der Waals surface area contributed by atoms with Crippen molar-refractivity contribution in [1.82, 2.24) is 14.5 Å². The van der Waals surface area contributed by atoms with Crippen LogP contribution in [-0.4, -0.2) is 39.4 Å². The zero-order chi connectivity index (χ0) is 16.7. The Hall–Kier alpha value is -2.22. The van der Waals surface area contributed by atoms with Gasteiger partial charge in [0.25, 0.3) is 5.56 Å². The number of carbonyl (C=O) groups is 2. The standard InChI is InChI=1S/C15H18N4O3S/c1-8-9(2)23-14-12(8)15(22)19(7-17-14)6-11(20)18-4-3-10(5-18)13(16)21/h7,10H,3-6H2,1-2H3,(H2,16,21)/t10-/m0/s1. The van der Waals surface area contributed by atoms with Crippen molar-refractivity contribution in [3.05, 3.63) is 27.1 Å². The second-order valence-corrected chi connectivity index (χ2v) is 7.07. The first-order chi connectivity index (χ1) is 10.9. The van der Waals surface area contributed by atoms with Crippen LogP contribution in [0.25, 0.3) is 10.2 Å². The van der Waals surface area contributed by atoms with Crippen LogP contribution < -0.4 is 11.3 Å². The molecule has 1 atom stereocenters. The predicted molar refractivity (Wildman–Crippen MR) is 87.2 cm³/mol. The zero-order valence-corrected chi connectivity index (χ0v) is 13.9. The van der Waals surface area contributed by atoms with Crippen LogP contribution in [0.2, 0.25) is 0 Å². The quantitative estimate of drug-likeness (QED) is 0.879. The minimum absolute atomic E-state index is 0.0679. The highest BCUT2D eigenvalue weighted by molar-refractivity contribution is 7.18. The summed E-state index contributed by atoms with van der Waals surface area (Å²) in [6.45, 7) is 4.59. The Balaban J connectivity index is 1.83. The largest absolute Gasteiger partial charge is 0.369 e. The average molecular weight is 334 g/mol. The van der Waals surface area contributed by atoms with Crippen molar-refractivity contribution in [1.29, 1.82) is 0 Å². The van der Waals surface area contributed by atoms with E-state index in [0.717, 1.165) is 10.4 Å². The normalized spacial score (nSPS) is 17.8. The molecule has 8 heteroatoms. The molecule has 2 amide bonds. The molecule has 3 heterocycles. The van der Waals surface area contributed by atoms with Crippen molar-refractivity contribution in [3.8, 4) is 0 Å². The van der Waals surface area contributed by atoms with Crippen LogP contribution in [-0.2, 0) is 16.1 Å². The van der Waals surface area contributed by atoms with Gasteiger partial charge in [-0.2, -0.15) is 0 Å². The first kappa shape index (κ1) is 15.7. The van der Waals surface area contributed by atoms with Gasteiger partial charge in [0.1, 0.15) is 11.4 Å². The summed E-state index contributed by atoms with van der Waals surface area (Å²) in [5.41, 5.74) is 5.99. The molecule has 0 aliphatic carbocycles. The molecule has 23 heavy (non-hydrogen) atoms. The maximum atomic E-state index is 12.6. The lowest BCUT2D eigenvalue weighted by Gasteiger charge is -2.16. The summed E-state index contributed by atoms with van der Waals surface area (Å²) in [6.07, 6.45) is 2.00. The molecule has 1 aliphatic rings. The summed E-state index contributed by atoms with van der Waals surface area (Å²) >= 11 is 1.48. The summed E-state index contributed by atoms with van der Waals surface area (Å²) in [5.74, 6) is -0.871. The fourth-order valence-corrected chi connectivity index (χ4v) is 3.83. The molecule has 7 nitrogen and oxygen atoms in total. The topological polar surface area (TPSA) is 98.3 Å². The van der Waals surface area contributed by atoms with E-state index in [4.69, 9.17) is 5.73 Å². The van der Waals surface area contributed by atoms with Gasteiger partial charge in [-0.25, -0.2) is 4.98 Å². The second kappa shape index (κ2) is 5.77. The maximum absolute atomic E-state index is 12.6. The lowest BCUT2D eigenvalue weighted by Crippen LogP contribution is -2.36. The molecule has 2 aromatic rings. The molecular formula is C15H18N4O3S. The first-order valence-corrected chi connectivity index (χ1v) is 8.22. The van der Waals surface area contributed by atoms with Gasteiger partial charge in [-0.05, 0) is 25.8 Å². The fraction of sp³-hybridized carbons (Fsp3) is 0.467. The number of primary amides is 1. The third-order valence-electron chi connectivity index (χ3n) is 4.40. The first-order valence-electron chi connectivity index (χ1n) is 7.40. The number of aryl methyl sites for hydroxylation is 2. The number of thiophene rings is 1. The number of amides is 2. The van der Waals surface area contributed by atoms with Gasteiger partial charge in [0.15, 0.2) is 0 Å². The molecule has 1 saturated heterocycles. The molecule has 2 aromatic heterocycles. The van der Waals surface area contributed by atoms with E-state index in [9.17, 15) is 14.4 Å². The number of likely N-dealkylation sites (tertiary alicyclic amines) is 1. The van der Waals surface area contributed by atoms with E-state index in [1.165, 1.54) is 22.2 Å². The van der Waals surface area contributed by atoms with Crippen molar-refractivity contribution in [2.45, 2.75) is 26.8 Å². The smallest absolute Gasteiger partial charge is 0.262 e. The highest BCUT2D eigenvalue weighted by atomic mass is 32.1. The summed E-state index contributed by atoms with van der Waals surface area (Å²) in [7, 11) is 0. The summed E-state index contributed by atoms with van der Waals surface area (Å²) < 4.78 is 1.33. The zero-order valence-electron chi connectivity index (χ0n) is 13.0. The van der Waals surface area contributed by atoms with Crippen LogP contribution in [0.15, 0.2) is 11.1 Å². The maximum Gasteiger partial charge on any atom is 0.262 e. The van der Waals surface area contributed by atoms with Crippen LogP contribution in [0, 0.1) is 19.8 Å². The summed E-state index contributed by atoms with van der Waals surface area (Å²) in [4.78, 5) is 43.7. The number of aromatic nitrogens is 2. The second-order valence-electron chi connectivity index (χ2n) is 5.87. The Labute approximate surface area is 136 Å². The molecule has 1 aliphatic heterocycles. The minimum atomic E-state index is -0.384. The van der Waals surface area contributed by atoms with Crippen molar-refractivity contribution in [2.24, 2.45) is 11.7 Å². The highest BCUT2D eigenvalue weighted by Gasteiger charge is 2.29. The van der Waals surface area contributed by atoms with Gasteiger partial charge in [0, 0.05) is 18.0 Å². The number of nitrogens with zero attached hydrogens (tertiary/aromatic N) is 3. The lowest BCUT2D eigenvalue weighted by molar-refractivity contribution is -0.131. The van der Waals surface area contributed by atoms with Crippen LogP contribution in [0.4, 0.5) is 0 Å². The van der Waals surface area contributed by atoms with Crippen LogP contribution >= 0.6 is 11.3 Å². The van der Waals surface area contributed by atoms with E-state index >= 15 is 0 Å². The van der Waals surface area contributed by atoms with Gasteiger partial charge in [0.2, 0.25) is 11.8 Å². The number of hydrogen-bond acceptors (Lipinski definition) is 5. The van der Waals surface area contributed by atoms with Gasteiger partial charge < -0.3 is 10.6 Å². The van der Waals surface area contributed by atoms with Gasteiger partial charge in [-0.15, -0.1) is 11.3 Å². The molecule has 0 saturated carbocycles. The van der Waals surface area contributed by atoms with E-state index in [2.05, 4.69) is 4.98 Å². The number of nitrogens with two attached hydrogens (primary N) is 1. The van der Waals surface area contributed by atoms with Gasteiger partial charge in [-0.3, -0.25) is 19.0 Å². The molecule has 122 valence electrons. The third-order valence-corrected chi connectivity index (χ3v) is 5.52. The van der Waals surface area contributed by atoms with Crippen LogP contribution in [0.5, 0.6) is 0 Å². The molecule has 0 spiro atoms. The molecule has 0 unspecified atom stereocenters. The Morgan fingerprint density at radius 3 is 2.83 bits per heavy atom. The molecular weight excluding hydrogens is 316 g/mol. The Bertz CT molecular complexity index is 854. The predicted octanol–water partition coefficient (Wildman–Crippen LogP) is 0.409. The number of hydrogen-bond donors (Lipinski definition) is 1. The molecule has 0 aromatic carbocycles. The van der Waals surface area contributed by atoms with E-state index in [1.54, 1.807) is 4.90 Å². The van der Waals surface area contributed by atoms with E-state index in [-0.39, 0.29) is 29.8 Å². The molecule has 0 radical (unpaired) electrons. The molecule has 3 rings (SSSR count). The number of rotatable bonds is 3. The number of fused-ring (bicyclic) bond motifs is 1. The highest BCUT2D eigenvalue weighted by Crippen LogP contribution is 2.25. The van der Waals surface area contributed by atoms with Crippen molar-refractivity contribution < 1.29 is 9.59 Å². The Morgan fingerprint density at radius 2 is 2.17 bits per heavy atom. The van der Waals surface area contributed by atoms with Gasteiger partial charge >= 0.3 is 0 Å². The Kier molecular flexibility index (Phi) is 3.93. The molecule has 1 fully saturated rings. The minimum Gasteiger partial charge on any atom is -0.369 e. The SMILES string of the molecule is Cc1sc2ncn(CC(=O)N3CC[C@H](C(N)=O)C3)c(=O)c2c1C. The van der Waals surface area contributed by atoms with Gasteiger partial charge in [-0.1, -0.05) is 0 Å². The summed E-state index contributed by atoms with van der Waals surface area (Å²) in [5, 5.41) is 0.583. The van der Waals surface area contributed by atoms with Crippen LogP contribution in [0.1, 0.15) is 16.9 Å². The number of carbonyl (C=O) groups excluding carboxylic acids is 2. The Morgan fingerprint density at radius 1 is 1.43 bits per heavy atom. The fourth-order valence-electron chi connectivity index (χ4n) is 2.85. The van der Waals surface area contributed by atoms with Crippen molar-refractivity contribution in [2.75, 3.05) is 13.1 Å². The van der Waals surface area contributed by atoms with E-state index in [0.29, 0.717) is 29.7 Å². The van der Waals surface area contributed by atoms with Crippen LogP contribution in [0.3, 0.4) is 0 Å².